The Kier molecular flexibility index (Phi) is 4.24. The Bertz CT molecular complexity index is 714. The number of carbonyl (C=O) groups excluding carboxylic acids is 1. The summed E-state index contributed by atoms with van der Waals surface area (Å²) in [6, 6.07) is 15.1. The van der Waals surface area contributed by atoms with Gasteiger partial charge in [-0.1, -0.05) is 43.3 Å². The maximum absolute atomic E-state index is 12.7. The van der Waals surface area contributed by atoms with Crippen LogP contribution in [0.25, 0.3) is 0 Å². The Balaban J connectivity index is 1.74. The van der Waals surface area contributed by atoms with Gasteiger partial charge < -0.3 is 15.3 Å². The lowest BCUT2D eigenvalue weighted by molar-refractivity contribution is 0.175. The molecule has 0 saturated carbocycles. The van der Waals surface area contributed by atoms with E-state index in [2.05, 4.69) is 24.4 Å². The molecule has 2 atom stereocenters. The zero-order valence-corrected chi connectivity index (χ0v) is 13.5. The maximum atomic E-state index is 12.7. The molecule has 0 bridgehead atoms. The van der Waals surface area contributed by atoms with Crippen LogP contribution < -0.4 is 5.32 Å². The highest BCUT2D eigenvalue weighted by molar-refractivity contribution is 5.76. The lowest BCUT2D eigenvalue weighted by Crippen LogP contribution is -2.39. The molecule has 2 amide bonds. The molecule has 0 fully saturated rings. The standard InChI is InChI=1S/C19H22N2O2/c1-3-18-17-10-5-4-7-15(17)12-21(18)19(23)20-13(2)14-8-6-9-16(22)11-14/h4-11,13,18,22H,3,12H2,1-2H3,(H,20,23)/t13-,18?/m0/s1. The SMILES string of the molecule is CCC1c2ccccc2CN1C(=O)N[C@@H](C)c1cccc(O)c1. The zero-order chi connectivity index (χ0) is 16.4. The van der Waals surface area contributed by atoms with Gasteiger partial charge in [0.2, 0.25) is 0 Å². The van der Waals surface area contributed by atoms with Crippen LogP contribution in [0.3, 0.4) is 0 Å². The van der Waals surface area contributed by atoms with Gasteiger partial charge in [0.05, 0.1) is 12.1 Å². The molecular weight excluding hydrogens is 288 g/mol. The minimum absolute atomic E-state index is 0.0658. The summed E-state index contributed by atoms with van der Waals surface area (Å²) >= 11 is 0. The van der Waals surface area contributed by atoms with Crippen molar-refractivity contribution in [2.24, 2.45) is 0 Å². The van der Waals surface area contributed by atoms with Crippen LogP contribution in [0.5, 0.6) is 5.75 Å². The lowest BCUT2D eigenvalue weighted by atomic mass is 10.0. The number of phenolic OH excluding ortho intramolecular Hbond substituents is 1. The van der Waals surface area contributed by atoms with Gasteiger partial charge >= 0.3 is 6.03 Å². The normalized spacial score (nSPS) is 17.7. The average molecular weight is 310 g/mol. The first-order valence-corrected chi connectivity index (χ1v) is 8.04. The summed E-state index contributed by atoms with van der Waals surface area (Å²) in [5.41, 5.74) is 3.36. The molecule has 4 nitrogen and oxygen atoms in total. The number of amides is 2. The third kappa shape index (κ3) is 3.02. The van der Waals surface area contributed by atoms with E-state index in [9.17, 15) is 9.90 Å². The number of urea groups is 1. The van der Waals surface area contributed by atoms with Gasteiger partial charge in [0.1, 0.15) is 5.75 Å². The van der Waals surface area contributed by atoms with Crippen molar-refractivity contribution in [2.45, 2.75) is 38.9 Å². The van der Waals surface area contributed by atoms with E-state index in [1.54, 1.807) is 18.2 Å². The number of nitrogens with one attached hydrogen (secondary N) is 1. The van der Waals surface area contributed by atoms with Gasteiger partial charge in [-0.25, -0.2) is 4.79 Å². The molecule has 1 heterocycles. The molecule has 0 spiro atoms. The zero-order valence-electron chi connectivity index (χ0n) is 13.5. The molecule has 0 saturated heterocycles. The van der Waals surface area contributed by atoms with E-state index in [0.29, 0.717) is 6.54 Å². The van der Waals surface area contributed by atoms with Crippen LogP contribution in [0.4, 0.5) is 4.79 Å². The summed E-state index contributed by atoms with van der Waals surface area (Å²) in [6.07, 6.45) is 0.894. The molecule has 23 heavy (non-hydrogen) atoms. The number of carbonyl (C=O) groups is 1. The number of hydrogen-bond donors (Lipinski definition) is 2. The molecule has 2 aromatic carbocycles. The smallest absolute Gasteiger partial charge is 0.318 e. The molecule has 0 aliphatic carbocycles. The van der Waals surface area contributed by atoms with Crippen molar-refractivity contribution < 1.29 is 9.90 Å². The summed E-state index contributed by atoms with van der Waals surface area (Å²) in [5.74, 6) is 0.212. The molecule has 1 unspecified atom stereocenters. The average Bonchev–Trinajstić information content (AvgIpc) is 2.93. The number of phenols is 1. The van der Waals surface area contributed by atoms with E-state index in [-0.39, 0.29) is 23.9 Å². The number of nitrogens with zero attached hydrogens (tertiary/aromatic N) is 1. The summed E-state index contributed by atoms with van der Waals surface area (Å²) < 4.78 is 0. The molecule has 0 radical (unpaired) electrons. The van der Waals surface area contributed by atoms with Crippen molar-refractivity contribution in [3.8, 4) is 5.75 Å². The van der Waals surface area contributed by atoms with Gasteiger partial charge in [0, 0.05) is 6.54 Å². The Morgan fingerprint density at radius 2 is 2.09 bits per heavy atom. The monoisotopic (exact) mass is 310 g/mol. The summed E-state index contributed by atoms with van der Waals surface area (Å²) in [6.45, 7) is 4.68. The molecule has 1 aliphatic rings. The van der Waals surface area contributed by atoms with Gasteiger partial charge in [-0.2, -0.15) is 0 Å². The fourth-order valence-corrected chi connectivity index (χ4v) is 3.26. The third-order valence-corrected chi connectivity index (χ3v) is 4.49. The van der Waals surface area contributed by atoms with Crippen LogP contribution in [0.1, 0.15) is 49.0 Å². The second-order valence-electron chi connectivity index (χ2n) is 6.02. The number of aromatic hydroxyl groups is 1. The number of benzene rings is 2. The summed E-state index contributed by atoms with van der Waals surface area (Å²) in [5, 5.41) is 12.6. The molecule has 0 aromatic heterocycles. The maximum Gasteiger partial charge on any atom is 0.318 e. The van der Waals surface area contributed by atoms with Crippen molar-refractivity contribution in [3.05, 3.63) is 65.2 Å². The van der Waals surface area contributed by atoms with Crippen molar-refractivity contribution >= 4 is 6.03 Å². The van der Waals surface area contributed by atoms with Crippen molar-refractivity contribution in [3.63, 3.8) is 0 Å². The van der Waals surface area contributed by atoms with E-state index < -0.39 is 0 Å². The Labute approximate surface area is 136 Å². The van der Waals surface area contributed by atoms with E-state index in [1.165, 1.54) is 11.1 Å². The van der Waals surface area contributed by atoms with Gasteiger partial charge in [-0.3, -0.25) is 0 Å². The summed E-state index contributed by atoms with van der Waals surface area (Å²) in [7, 11) is 0. The van der Waals surface area contributed by atoms with Crippen molar-refractivity contribution in [2.75, 3.05) is 0 Å². The minimum Gasteiger partial charge on any atom is -0.508 e. The van der Waals surface area contributed by atoms with Crippen LogP contribution in [0.2, 0.25) is 0 Å². The molecule has 2 aromatic rings. The number of fused-ring (bicyclic) bond motifs is 1. The van der Waals surface area contributed by atoms with Gasteiger partial charge in [-0.15, -0.1) is 0 Å². The van der Waals surface area contributed by atoms with Crippen LogP contribution in [0.15, 0.2) is 48.5 Å². The molecule has 1 aliphatic heterocycles. The third-order valence-electron chi connectivity index (χ3n) is 4.49. The first kappa shape index (κ1) is 15.4. The quantitative estimate of drug-likeness (QED) is 0.895. The first-order chi connectivity index (χ1) is 11.1. The van der Waals surface area contributed by atoms with Crippen LogP contribution in [-0.4, -0.2) is 16.0 Å². The fourth-order valence-electron chi connectivity index (χ4n) is 3.26. The van der Waals surface area contributed by atoms with E-state index in [0.717, 1.165) is 12.0 Å². The highest BCUT2D eigenvalue weighted by Gasteiger charge is 2.32. The minimum atomic E-state index is -0.157. The van der Waals surface area contributed by atoms with E-state index in [4.69, 9.17) is 0 Å². The molecule has 2 N–H and O–H groups in total. The lowest BCUT2D eigenvalue weighted by Gasteiger charge is -2.26. The number of rotatable bonds is 3. The Hall–Kier alpha value is -2.49. The van der Waals surface area contributed by atoms with Gasteiger partial charge in [0.25, 0.3) is 0 Å². The Morgan fingerprint density at radius 3 is 2.83 bits per heavy atom. The molecular formula is C19H22N2O2. The first-order valence-electron chi connectivity index (χ1n) is 8.04. The van der Waals surface area contributed by atoms with Crippen LogP contribution in [0, 0.1) is 0 Å². The predicted octanol–water partition coefficient (Wildman–Crippen LogP) is 4.13. The van der Waals surface area contributed by atoms with Gasteiger partial charge in [-0.05, 0) is 42.2 Å². The van der Waals surface area contributed by atoms with E-state index >= 15 is 0 Å². The molecule has 120 valence electrons. The van der Waals surface area contributed by atoms with E-state index in [1.807, 2.05) is 30.0 Å². The fraction of sp³-hybridized carbons (Fsp3) is 0.316. The second kappa shape index (κ2) is 6.32. The Morgan fingerprint density at radius 1 is 1.30 bits per heavy atom. The topological polar surface area (TPSA) is 52.6 Å². The largest absolute Gasteiger partial charge is 0.508 e. The highest BCUT2D eigenvalue weighted by Crippen LogP contribution is 2.35. The van der Waals surface area contributed by atoms with Crippen LogP contribution >= 0.6 is 0 Å². The molecule has 3 rings (SSSR count). The summed E-state index contributed by atoms with van der Waals surface area (Å²) in [4.78, 5) is 14.6. The van der Waals surface area contributed by atoms with Crippen LogP contribution in [-0.2, 0) is 6.54 Å². The van der Waals surface area contributed by atoms with Crippen molar-refractivity contribution in [1.82, 2.24) is 10.2 Å². The number of hydrogen-bond acceptors (Lipinski definition) is 2. The second-order valence-corrected chi connectivity index (χ2v) is 6.02. The predicted molar refractivity (Wildman–Crippen MR) is 90.1 cm³/mol. The highest BCUT2D eigenvalue weighted by atomic mass is 16.3. The molecule has 4 heteroatoms. The van der Waals surface area contributed by atoms with Crippen molar-refractivity contribution in [1.29, 1.82) is 0 Å². The van der Waals surface area contributed by atoms with Gasteiger partial charge in [0.15, 0.2) is 0 Å².